The lowest BCUT2D eigenvalue weighted by molar-refractivity contribution is -0.121. The molecule has 0 aromatic carbocycles. The number of nitrogens with one attached hydrogen (secondary N) is 2. The van der Waals surface area contributed by atoms with Crippen LogP contribution in [0.3, 0.4) is 0 Å². The first-order chi connectivity index (χ1) is 7.11. The van der Waals surface area contributed by atoms with E-state index in [1.165, 1.54) is 0 Å². The fourth-order valence-electron chi connectivity index (χ4n) is 1.94. The van der Waals surface area contributed by atoms with Crippen molar-refractivity contribution in [1.29, 1.82) is 0 Å². The van der Waals surface area contributed by atoms with Crippen molar-refractivity contribution in [2.45, 2.75) is 44.7 Å². The average molecular weight is 277 g/mol. The van der Waals surface area contributed by atoms with E-state index < -0.39 is 0 Å². The molecule has 1 rings (SSSR count). The predicted octanol–water partition coefficient (Wildman–Crippen LogP) is 0.945. The molecule has 0 saturated heterocycles. The summed E-state index contributed by atoms with van der Waals surface area (Å²) < 4.78 is 0. The van der Waals surface area contributed by atoms with E-state index in [0.29, 0.717) is 11.4 Å². The van der Waals surface area contributed by atoms with Crippen molar-refractivity contribution in [1.82, 2.24) is 10.6 Å². The summed E-state index contributed by atoms with van der Waals surface area (Å²) in [4.78, 5) is 21.9. The van der Waals surface area contributed by atoms with Gasteiger partial charge in [0.2, 0.25) is 11.8 Å². The Kier molecular flexibility index (Phi) is 5.08. The lowest BCUT2D eigenvalue weighted by Crippen LogP contribution is -2.43. The van der Waals surface area contributed by atoms with Crippen LogP contribution in [-0.4, -0.2) is 29.2 Å². The molecule has 1 aliphatic rings. The van der Waals surface area contributed by atoms with Gasteiger partial charge in [0.1, 0.15) is 0 Å². The van der Waals surface area contributed by atoms with E-state index in [2.05, 4.69) is 26.6 Å². The highest BCUT2D eigenvalue weighted by Gasteiger charge is 2.22. The molecule has 0 radical (unpaired) electrons. The van der Waals surface area contributed by atoms with E-state index in [-0.39, 0.29) is 17.9 Å². The minimum atomic E-state index is 0.0305. The van der Waals surface area contributed by atoms with Crippen LogP contribution in [0, 0.1) is 0 Å². The van der Waals surface area contributed by atoms with Crippen LogP contribution >= 0.6 is 15.9 Å². The highest BCUT2D eigenvalue weighted by atomic mass is 79.9. The molecule has 0 aromatic heterocycles. The molecule has 0 aliphatic heterocycles. The van der Waals surface area contributed by atoms with E-state index in [4.69, 9.17) is 0 Å². The predicted molar refractivity (Wildman–Crippen MR) is 61.8 cm³/mol. The van der Waals surface area contributed by atoms with Crippen molar-refractivity contribution in [2.24, 2.45) is 0 Å². The van der Waals surface area contributed by atoms with Gasteiger partial charge in [0.15, 0.2) is 0 Å². The van der Waals surface area contributed by atoms with Crippen molar-refractivity contribution < 1.29 is 9.59 Å². The van der Waals surface area contributed by atoms with Crippen LogP contribution in [0.5, 0.6) is 0 Å². The molecule has 4 nitrogen and oxygen atoms in total. The van der Waals surface area contributed by atoms with Crippen LogP contribution in [0.2, 0.25) is 0 Å². The first kappa shape index (κ1) is 12.5. The third kappa shape index (κ3) is 4.64. The third-order valence-electron chi connectivity index (χ3n) is 2.62. The topological polar surface area (TPSA) is 58.2 Å². The molecule has 1 aliphatic carbocycles. The van der Waals surface area contributed by atoms with Gasteiger partial charge in [-0.25, -0.2) is 0 Å². The van der Waals surface area contributed by atoms with E-state index in [9.17, 15) is 9.59 Å². The smallest absolute Gasteiger partial charge is 0.230 e. The van der Waals surface area contributed by atoms with Gasteiger partial charge in [0.25, 0.3) is 0 Å². The summed E-state index contributed by atoms with van der Waals surface area (Å²) in [7, 11) is 0. The van der Waals surface area contributed by atoms with Crippen molar-refractivity contribution in [3.8, 4) is 0 Å². The molecule has 0 atom stereocenters. The highest BCUT2D eigenvalue weighted by Crippen LogP contribution is 2.18. The van der Waals surface area contributed by atoms with E-state index in [1.807, 2.05) is 0 Å². The second kappa shape index (κ2) is 6.10. The fourth-order valence-corrected chi connectivity index (χ4v) is 2.10. The minimum Gasteiger partial charge on any atom is -0.354 e. The Balaban J connectivity index is 2.23. The molecule has 0 heterocycles. The molecule has 86 valence electrons. The maximum absolute atomic E-state index is 11.1. The summed E-state index contributed by atoms with van der Waals surface area (Å²) in [5.74, 6) is 0.0703. The Morgan fingerprint density at radius 1 is 1.13 bits per heavy atom. The number of carbonyl (C=O) groups excluding carboxylic acids is 2. The van der Waals surface area contributed by atoms with Gasteiger partial charge in [-0.3, -0.25) is 9.59 Å². The normalized spacial score (nSPS) is 25.7. The molecule has 15 heavy (non-hydrogen) atoms. The molecule has 1 fully saturated rings. The van der Waals surface area contributed by atoms with Gasteiger partial charge in [0, 0.05) is 19.0 Å². The van der Waals surface area contributed by atoms with E-state index >= 15 is 0 Å². The summed E-state index contributed by atoms with van der Waals surface area (Å²) >= 11 is 3.12. The largest absolute Gasteiger partial charge is 0.354 e. The van der Waals surface area contributed by atoms with Gasteiger partial charge in [-0.15, -0.1) is 0 Å². The number of carbonyl (C=O) groups is 2. The van der Waals surface area contributed by atoms with Gasteiger partial charge in [-0.05, 0) is 25.7 Å². The number of hydrogen-bond donors (Lipinski definition) is 2. The van der Waals surface area contributed by atoms with Gasteiger partial charge >= 0.3 is 0 Å². The highest BCUT2D eigenvalue weighted by molar-refractivity contribution is 9.09. The second-order valence-corrected chi connectivity index (χ2v) is 4.51. The first-order valence-electron chi connectivity index (χ1n) is 5.24. The Morgan fingerprint density at radius 2 is 1.60 bits per heavy atom. The summed E-state index contributed by atoms with van der Waals surface area (Å²) in [6.07, 6.45) is 3.80. The van der Waals surface area contributed by atoms with Crippen LogP contribution < -0.4 is 10.6 Å². The number of halogens is 1. The zero-order chi connectivity index (χ0) is 11.3. The number of rotatable bonds is 3. The number of amides is 2. The molecule has 0 bridgehead atoms. The quantitative estimate of drug-likeness (QED) is 0.754. The zero-order valence-electron chi connectivity index (χ0n) is 8.88. The second-order valence-electron chi connectivity index (χ2n) is 3.95. The molecular formula is C10H17BrN2O2. The molecule has 0 unspecified atom stereocenters. The van der Waals surface area contributed by atoms with Crippen molar-refractivity contribution >= 4 is 27.7 Å². The maximum Gasteiger partial charge on any atom is 0.230 e. The molecular weight excluding hydrogens is 260 g/mol. The lowest BCUT2D eigenvalue weighted by atomic mass is 9.91. The van der Waals surface area contributed by atoms with E-state index in [0.717, 1.165) is 25.7 Å². The molecule has 1 saturated carbocycles. The monoisotopic (exact) mass is 276 g/mol. The summed E-state index contributed by atoms with van der Waals surface area (Å²) in [6.45, 7) is 1.54. The van der Waals surface area contributed by atoms with E-state index in [1.54, 1.807) is 6.92 Å². The summed E-state index contributed by atoms with van der Waals surface area (Å²) in [6, 6.07) is 0.569. The SMILES string of the molecule is CC(=O)NC1CCC(NC(=O)CBr)CC1. The van der Waals surface area contributed by atoms with Crippen LogP contribution in [0.25, 0.3) is 0 Å². The maximum atomic E-state index is 11.1. The molecule has 0 aromatic rings. The minimum absolute atomic E-state index is 0.0305. The fraction of sp³-hybridized carbons (Fsp3) is 0.800. The van der Waals surface area contributed by atoms with Crippen LogP contribution in [0.4, 0.5) is 0 Å². The Morgan fingerprint density at radius 3 is 2.00 bits per heavy atom. The van der Waals surface area contributed by atoms with Crippen molar-refractivity contribution in [2.75, 3.05) is 5.33 Å². The standard InChI is InChI=1S/C10H17BrN2O2/c1-7(14)12-8-2-4-9(5-3-8)13-10(15)6-11/h8-9H,2-6H2,1H3,(H,12,14)(H,13,15). The van der Waals surface area contributed by atoms with Gasteiger partial charge in [-0.1, -0.05) is 15.9 Å². The summed E-state index contributed by atoms with van der Waals surface area (Å²) in [5.41, 5.74) is 0. The summed E-state index contributed by atoms with van der Waals surface area (Å²) in [5, 5.41) is 6.21. The Hall–Kier alpha value is -0.580. The van der Waals surface area contributed by atoms with Crippen molar-refractivity contribution in [3.63, 3.8) is 0 Å². The van der Waals surface area contributed by atoms with Crippen LogP contribution in [0.1, 0.15) is 32.6 Å². The third-order valence-corrected chi connectivity index (χ3v) is 3.13. The van der Waals surface area contributed by atoms with Crippen LogP contribution in [0.15, 0.2) is 0 Å². The van der Waals surface area contributed by atoms with Gasteiger partial charge in [0.05, 0.1) is 5.33 Å². The van der Waals surface area contributed by atoms with Crippen molar-refractivity contribution in [3.05, 3.63) is 0 Å². The number of hydrogen-bond acceptors (Lipinski definition) is 2. The van der Waals surface area contributed by atoms with Crippen LogP contribution in [-0.2, 0) is 9.59 Å². The molecule has 2 N–H and O–H groups in total. The number of alkyl halides is 1. The van der Waals surface area contributed by atoms with Gasteiger partial charge in [-0.2, -0.15) is 0 Å². The molecule has 5 heteroatoms. The molecule has 0 spiro atoms. The lowest BCUT2D eigenvalue weighted by Gasteiger charge is -2.29. The average Bonchev–Trinajstić information content (AvgIpc) is 2.20. The first-order valence-corrected chi connectivity index (χ1v) is 6.36. The zero-order valence-corrected chi connectivity index (χ0v) is 10.5. The Bertz CT molecular complexity index is 238. The van der Waals surface area contributed by atoms with Gasteiger partial charge < -0.3 is 10.6 Å². The molecule has 2 amide bonds. The Labute approximate surface area is 98.3 Å².